The Hall–Kier alpha value is 0.137. The average Bonchev–Trinajstić information content (AvgIpc) is 2.25. The zero-order valence-electron chi connectivity index (χ0n) is 12.8. The van der Waals surface area contributed by atoms with Gasteiger partial charge in [0.05, 0.1) is 6.61 Å². The SMILES string of the molecule is CCCC[Si](C)(C)OCC(C)(C)COCCC. The molecule has 0 radical (unpaired) electrons. The van der Waals surface area contributed by atoms with Gasteiger partial charge < -0.3 is 9.16 Å². The number of unbranched alkanes of at least 4 members (excludes halogenated alkanes) is 1. The smallest absolute Gasteiger partial charge is 0.186 e. The lowest BCUT2D eigenvalue weighted by atomic mass is 9.97. The third-order valence-electron chi connectivity index (χ3n) is 2.83. The minimum absolute atomic E-state index is 0.144. The molecule has 17 heavy (non-hydrogen) atoms. The second-order valence-corrected chi connectivity index (χ2v) is 10.7. The summed E-state index contributed by atoms with van der Waals surface area (Å²) in [5.41, 5.74) is 0.144. The second kappa shape index (κ2) is 8.28. The molecule has 0 saturated carbocycles. The first kappa shape index (κ1) is 17.1. The fraction of sp³-hybridized carbons (Fsp3) is 1.00. The van der Waals surface area contributed by atoms with Crippen LogP contribution in [0.4, 0.5) is 0 Å². The predicted octanol–water partition coefficient (Wildman–Crippen LogP) is 4.46. The van der Waals surface area contributed by atoms with Crippen molar-refractivity contribution in [3.63, 3.8) is 0 Å². The quantitative estimate of drug-likeness (QED) is 0.426. The number of ether oxygens (including phenoxy) is 1. The van der Waals surface area contributed by atoms with Crippen LogP contribution in [-0.4, -0.2) is 28.1 Å². The van der Waals surface area contributed by atoms with E-state index in [0.29, 0.717) is 0 Å². The van der Waals surface area contributed by atoms with Gasteiger partial charge in [0.25, 0.3) is 0 Å². The lowest BCUT2D eigenvalue weighted by Crippen LogP contribution is -2.36. The highest BCUT2D eigenvalue weighted by molar-refractivity contribution is 6.71. The Morgan fingerprint density at radius 2 is 1.65 bits per heavy atom. The van der Waals surface area contributed by atoms with E-state index in [1.54, 1.807) is 0 Å². The molecule has 0 amide bonds. The van der Waals surface area contributed by atoms with Crippen LogP contribution >= 0.6 is 0 Å². The second-order valence-electron chi connectivity index (χ2n) is 6.37. The van der Waals surface area contributed by atoms with Crippen LogP contribution in [0.15, 0.2) is 0 Å². The summed E-state index contributed by atoms with van der Waals surface area (Å²) in [5.74, 6) is 0. The zero-order valence-corrected chi connectivity index (χ0v) is 13.8. The summed E-state index contributed by atoms with van der Waals surface area (Å²) in [6.07, 6.45) is 3.66. The standard InChI is InChI=1S/C14H32O2Si/c1-7-9-11-17(5,6)16-13-14(3,4)12-15-10-8-2/h7-13H2,1-6H3. The molecule has 0 heterocycles. The Bertz CT molecular complexity index is 191. The summed E-state index contributed by atoms with van der Waals surface area (Å²) in [6.45, 7) is 16.0. The van der Waals surface area contributed by atoms with E-state index in [2.05, 4.69) is 40.8 Å². The lowest BCUT2D eigenvalue weighted by molar-refractivity contribution is 0.0327. The molecular formula is C14H32O2Si. The van der Waals surface area contributed by atoms with E-state index in [9.17, 15) is 0 Å². The molecule has 0 bridgehead atoms. The molecule has 3 heteroatoms. The van der Waals surface area contributed by atoms with Crippen LogP contribution in [0.25, 0.3) is 0 Å². The van der Waals surface area contributed by atoms with Crippen molar-refractivity contribution in [3.05, 3.63) is 0 Å². The van der Waals surface area contributed by atoms with E-state index in [-0.39, 0.29) is 5.41 Å². The third-order valence-corrected chi connectivity index (χ3v) is 5.31. The van der Waals surface area contributed by atoms with Crippen LogP contribution in [0.3, 0.4) is 0 Å². The Labute approximate surface area is 109 Å². The summed E-state index contributed by atoms with van der Waals surface area (Å²) in [6, 6.07) is 1.27. The molecule has 0 aliphatic carbocycles. The van der Waals surface area contributed by atoms with Gasteiger partial charge in [-0.15, -0.1) is 0 Å². The van der Waals surface area contributed by atoms with Crippen molar-refractivity contribution in [1.29, 1.82) is 0 Å². The van der Waals surface area contributed by atoms with Crippen LogP contribution in [0.5, 0.6) is 0 Å². The van der Waals surface area contributed by atoms with E-state index >= 15 is 0 Å². The van der Waals surface area contributed by atoms with E-state index < -0.39 is 8.32 Å². The number of hydrogen-bond acceptors (Lipinski definition) is 2. The van der Waals surface area contributed by atoms with E-state index in [1.807, 2.05) is 0 Å². The first-order valence-electron chi connectivity index (χ1n) is 7.05. The topological polar surface area (TPSA) is 18.5 Å². The van der Waals surface area contributed by atoms with Gasteiger partial charge in [0.15, 0.2) is 8.32 Å². The molecule has 0 spiro atoms. The van der Waals surface area contributed by atoms with Gasteiger partial charge in [0, 0.05) is 18.6 Å². The predicted molar refractivity (Wildman–Crippen MR) is 78.0 cm³/mol. The zero-order chi connectivity index (χ0) is 13.4. The molecule has 2 nitrogen and oxygen atoms in total. The molecule has 0 aliphatic rings. The van der Waals surface area contributed by atoms with E-state index in [4.69, 9.17) is 9.16 Å². The van der Waals surface area contributed by atoms with Crippen LogP contribution in [-0.2, 0) is 9.16 Å². The lowest BCUT2D eigenvalue weighted by Gasteiger charge is -2.30. The van der Waals surface area contributed by atoms with E-state index in [0.717, 1.165) is 26.2 Å². The summed E-state index contributed by atoms with van der Waals surface area (Å²) in [5, 5.41) is 0. The molecule has 104 valence electrons. The largest absolute Gasteiger partial charge is 0.417 e. The Balaban J connectivity index is 3.89. The van der Waals surface area contributed by atoms with Gasteiger partial charge in [-0.1, -0.05) is 40.5 Å². The van der Waals surface area contributed by atoms with Crippen molar-refractivity contribution < 1.29 is 9.16 Å². The minimum atomic E-state index is -1.44. The average molecular weight is 260 g/mol. The summed E-state index contributed by atoms with van der Waals surface area (Å²) < 4.78 is 11.8. The Kier molecular flexibility index (Phi) is 8.34. The molecule has 0 unspecified atom stereocenters. The van der Waals surface area contributed by atoms with Crippen molar-refractivity contribution in [1.82, 2.24) is 0 Å². The normalized spacial score (nSPS) is 13.1. The Morgan fingerprint density at radius 1 is 1.00 bits per heavy atom. The van der Waals surface area contributed by atoms with Crippen LogP contribution in [0.1, 0.15) is 47.0 Å². The van der Waals surface area contributed by atoms with Crippen molar-refractivity contribution in [2.24, 2.45) is 5.41 Å². The summed E-state index contributed by atoms with van der Waals surface area (Å²) >= 11 is 0. The van der Waals surface area contributed by atoms with E-state index in [1.165, 1.54) is 18.9 Å². The first-order chi connectivity index (χ1) is 7.83. The molecule has 0 fully saturated rings. The van der Waals surface area contributed by atoms with Crippen molar-refractivity contribution in [2.45, 2.75) is 66.1 Å². The van der Waals surface area contributed by atoms with Gasteiger partial charge in [0.1, 0.15) is 0 Å². The molecule has 0 aromatic carbocycles. The molecule has 0 saturated heterocycles. The highest BCUT2D eigenvalue weighted by Crippen LogP contribution is 2.22. The highest BCUT2D eigenvalue weighted by atomic mass is 28.4. The van der Waals surface area contributed by atoms with Gasteiger partial charge >= 0.3 is 0 Å². The summed E-state index contributed by atoms with van der Waals surface area (Å²) in [4.78, 5) is 0. The van der Waals surface area contributed by atoms with Gasteiger partial charge in [0.2, 0.25) is 0 Å². The number of hydrogen-bond donors (Lipinski definition) is 0. The molecule has 0 aromatic heterocycles. The van der Waals surface area contributed by atoms with Gasteiger partial charge in [-0.2, -0.15) is 0 Å². The van der Waals surface area contributed by atoms with Crippen LogP contribution in [0.2, 0.25) is 19.1 Å². The van der Waals surface area contributed by atoms with Crippen LogP contribution < -0.4 is 0 Å². The monoisotopic (exact) mass is 260 g/mol. The third kappa shape index (κ3) is 9.80. The van der Waals surface area contributed by atoms with Gasteiger partial charge in [-0.3, -0.25) is 0 Å². The summed E-state index contributed by atoms with van der Waals surface area (Å²) in [7, 11) is -1.44. The van der Waals surface area contributed by atoms with Crippen molar-refractivity contribution in [2.75, 3.05) is 19.8 Å². The Morgan fingerprint density at radius 3 is 2.18 bits per heavy atom. The fourth-order valence-electron chi connectivity index (χ4n) is 1.60. The molecule has 0 N–H and O–H groups in total. The highest BCUT2D eigenvalue weighted by Gasteiger charge is 2.26. The maximum atomic E-state index is 6.19. The molecule has 0 rings (SSSR count). The fourth-order valence-corrected chi connectivity index (χ4v) is 3.73. The van der Waals surface area contributed by atoms with Crippen molar-refractivity contribution in [3.8, 4) is 0 Å². The molecule has 0 atom stereocenters. The number of rotatable bonds is 10. The van der Waals surface area contributed by atoms with Crippen molar-refractivity contribution >= 4 is 8.32 Å². The molecule has 0 aromatic rings. The molecule has 0 aliphatic heterocycles. The van der Waals surface area contributed by atoms with Gasteiger partial charge in [-0.05, 0) is 25.6 Å². The maximum absolute atomic E-state index is 6.19. The minimum Gasteiger partial charge on any atom is -0.417 e. The first-order valence-corrected chi connectivity index (χ1v) is 10.2. The maximum Gasteiger partial charge on any atom is 0.186 e. The van der Waals surface area contributed by atoms with Gasteiger partial charge in [-0.25, -0.2) is 0 Å². The van der Waals surface area contributed by atoms with Crippen LogP contribution in [0, 0.1) is 5.41 Å². The molecular weight excluding hydrogens is 228 g/mol.